The predicted octanol–water partition coefficient (Wildman–Crippen LogP) is 2.73. The topological polar surface area (TPSA) is 85.8 Å². The number of nitrogens with one attached hydrogen (secondary N) is 1. The highest BCUT2D eigenvalue weighted by molar-refractivity contribution is 7.92. The highest BCUT2D eigenvalue weighted by Crippen LogP contribution is 2.30. The van der Waals surface area contributed by atoms with E-state index in [1.807, 2.05) is 24.3 Å². The fraction of sp³-hybridized carbons (Fsp3) is 0.250. The number of benzene rings is 2. The van der Waals surface area contributed by atoms with Crippen molar-refractivity contribution < 1.29 is 13.2 Å². The lowest BCUT2D eigenvalue weighted by atomic mass is 10.2. The van der Waals surface area contributed by atoms with E-state index in [4.69, 9.17) is 0 Å². The molecule has 3 heterocycles. The molecule has 3 aromatic rings. The molecule has 2 aromatic carbocycles. The van der Waals surface area contributed by atoms with Crippen molar-refractivity contribution in [2.24, 2.45) is 0 Å². The third-order valence-electron chi connectivity index (χ3n) is 6.16. The van der Waals surface area contributed by atoms with Crippen molar-refractivity contribution >= 4 is 38.8 Å². The summed E-state index contributed by atoms with van der Waals surface area (Å²) in [6.45, 7) is 3.48. The largest absolute Gasteiger partial charge is 0.368 e. The number of aromatic nitrogens is 1. The first-order valence-corrected chi connectivity index (χ1v) is 12.3. The van der Waals surface area contributed by atoms with Gasteiger partial charge < -0.3 is 14.7 Å². The molecular formula is C24H25N5O3S. The molecule has 33 heavy (non-hydrogen) atoms. The van der Waals surface area contributed by atoms with Crippen molar-refractivity contribution in [1.29, 1.82) is 0 Å². The second kappa shape index (κ2) is 8.40. The lowest BCUT2D eigenvalue weighted by molar-refractivity contribution is -0.117. The van der Waals surface area contributed by atoms with E-state index in [9.17, 15) is 13.2 Å². The van der Waals surface area contributed by atoms with E-state index >= 15 is 0 Å². The number of carbonyl (C=O) groups excluding carboxylic acids is 1. The average Bonchev–Trinajstić information content (AvgIpc) is 3.13. The van der Waals surface area contributed by atoms with Crippen LogP contribution in [0.25, 0.3) is 0 Å². The summed E-state index contributed by atoms with van der Waals surface area (Å²) in [5, 5.41) is 0. The Balaban J connectivity index is 1.24. The maximum absolute atomic E-state index is 12.9. The van der Waals surface area contributed by atoms with Crippen LogP contribution >= 0.6 is 0 Å². The summed E-state index contributed by atoms with van der Waals surface area (Å²) >= 11 is 0. The summed E-state index contributed by atoms with van der Waals surface area (Å²) in [6.07, 6.45) is 1.75. The molecule has 0 atom stereocenters. The molecule has 0 bridgehead atoms. The Labute approximate surface area is 193 Å². The van der Waals surface area contributed by atoms with Gasteiger partial charge in [-0.25, -0.2) is 13.4 Å². The first-order chi connectivity index (χ1) is 15.9. The normalized spacial score (nSPS) is 16.2. The number of sulfonamides is 1. The maximum atomic E-state index is 12.9. The molecule has 5 rings (SSSR count). The van der Waals surface area contributed by atoms with Crippen LogP contribution < -0.4 is 19.4 Å². The Hall–Kier alpha value is -3.59. The number of hydrogen-bond donors (Lipinski definition) is 1. The second-order valence-corrected chi connectivity index (χ2v) is 9.92. The number of pyridine rings is 1. The summed E-state index contributed by atoms with van der Waals surface area (Å²) in [7, 11) is -2.10. The number of nitrogens with zero attached hydrogens (tertiary/aromatic N) is 4. The Morgan fingerprint density at radius 1 is 0.909 bits per heavy atom. The molecule has 0 spiro atoms. The van der Waals surface area contributed by atoms with Gasteiger partial charge in [0.25, 0.3) is 10.0 Å². The first kappa shape index (κ1) is 21.3. The van der Waals surface area contributed by atoms with Gasteiger partial charge in [-0.15, -0.1) is 0 Å². The minimum Gasteiger partial charge on any atom is -0.368 e. The summed E-state index contributed by atoms with van der Waals surface area (Å²) in [5.41, 5.74) is 3.08. The van der Waals surface area contributed by atoms with Crippen LogP contribution in [0.2, 0.25) is 0 Å². The van der Waals surface area contributed by atoms with Crippen LogP contribution in [0.15, 0.2) is 71.8 Å². The Bertz CT molecular complexity index is 1270. The van der Waals surface area contributed by atoms with Crippen LogP contribution in [0, 0.1) is 0 Å². The van der Waals surface area contributed by atoms with Gasteiger partial charge in [-0.3, -0.25) is 9.52 Å². The number of piperazine rings is 1. The number of hydrogen-bond acceptors (Lipinski definition) is 6. The number of carbonyl (C=O) groups is 1. The van der Waals surface area contributed by atoms with Crippen molar-refractivity contribution in [2.45, 2.75) is 11.3 Å². The number of anilines is 4. The lowest BCUT2D eigenvalue weighted by Gasteiger charge is -2.36. The highest BCUT2D eigenvalue weighted by atomic mass is 32.2. The highest BCUT2D eigenvalue weighted by Gasteiger charge is 2.26. The van der Waals surface area contributed by atoms with Gasteiger partial charge in [-0.05, 0) is 48.0 Å². The molecule has 1 fully saturated rings. The molecule has 0 radical (unpaired) electrons. The smallest absolute Gasteiger partial charge is 0.261 e. The van der Waals surface area contributed by atoms with Gasteiger partial charge in [-0.2, -0.15) is 0 Å². The van der Waals surface area contributed by atoms with Gasteiger partial charge in [0.15, 0.2) is 0 Å². The molecule has 2 aliphatic heterocycles. The van der Waals surface area contributed by atoms with Gasteiger partial charge in [0.2, 0.25) is 5.91 Å². The molecule has 0 saturated carbocycles. The summed E-state index contributed by atoms with van der Waals surface area (Å²) in [6, 6.07) is 18.7. The van der Waals surface area contributed by atoms with E-state index in [0.717, 1.165) is 37.7 Å². The average molecular weight is 464 g/mol. The van der Waals surface area contributed by atoms with Crippen LogP contribution in [-0.2, 0) is 21.2 Å². The van der Waals surface area contributed by atoms with Crippen LogP contribution in [0.1, 0.15) is 5.56 Å². The number of likely N-dealkylation sites (N-methyl/N-ethyl adjacent to an activating group) is 1. The standard InChI is InChI=1S/C24H25N5O3S/c1-27-22-9-8-21(15-18(22)16-24(27)30)33(31,32)26-19-7-10-23(25-17-19)29-13-11-28(12-14-29)20-5-3-2-4-6-20/h2-10,15,17,26H,11-14,16H2,1H3. The zero-order valence-corrected chi connectivity index (χ0v) is 19.1. The Kier molecular flexibility index (Phi) is 5.41. The Morgan fingerprint density at radius 2 is 1.64 bits per heavy atom. The van der Waals surface area contributed by atoms with Crippen molar-refractivity contribution in [2.75, 3.05) is 52.6 Å². The molecular weight excluding hydrogens is 438 g/mol. The number of fused-ring (bicyclic) bond motifs is 1. The third kappa shape index (κ3) is 4.23. The van der Waals surface area contributed by atoms with Crippen molar-refractivity contribution in [3.05, 3.63) is 72.4 Å². The summed E-state index contributed by atoms with van der Waals surface area (Å²) in [4.78, 5) is 22.6. The van der Waals surface area contributed by atoms with E-state index < -0.39 is 10.0 Å². The van der Waals surface area contributed by atoms with Crippen LogP contribution in [0.3, 0.4) is 0 Å². The fourth-order valence-corrected chi connectivity index (χ4v) is 5.39. The summed E-state index contributed by atoms with van der Waals surface area (Å²) < 4.78 is 28.3. The third-order valence-corrected chi connectivity index (χ3v) is 7.54. The molecule has 1 saturated heterocycles. The minimum absolute atomic E-state index is 0.0445. The predicted molar refractivity (Wildman–Crippen MR) is 129 cm³/mol. The SMILES string of the molecule is CN1C(=O)Cc2cc(S(=O)(=O)Nc3ccc(N4CCN(c5ccccc5)CC4)nc3)ccc21. The number of amides is 1. The van der Waals surface area contributed by atoms with Crippen LogP contribution in [0.4, 0.5) is 22.9 Å². The molecule has 2 aliphatic rings. The van der Waals surface area contributed by atoms with E-state index in [1.165, 1.54) is 11.8 Å². The zero-order valence-electron chi connectivity index (χ0n) is 18.3. The number of rotatable bonds is 5. The molecule has 0 unspecified atom stereocenters. The van der Waals surface area contributed by atoms with Crippen LogP contribution in [-0.4, -0.2) is 52.5 Å². The van der Waals surface area contributed by atoms with E-state index in [-0.39, 0.29) is 17.2 Å². The van der Waals surface area contributed by atoms with Gasteiger partial charge in [-0.1, -0.05) is 18.2 Å². The molecule has 0 aliphatic carbocycles. The van der Waals surface area contributed by atoms with Gasteiger partial charge in [0.1, 0.15) is 5.82 Å². The van der Waals surface area contributed by atoms with Crippen molar-refractivity contribution in [3.63, 3.8) is 0 Å². The summed E-state index contributed by atoms with van der Waals surface area (Å²) in [5.74, 6) is 0.779. The van der Waals surface area contributed by atoms with E-state index in [0.29, 0.717) is 11.3 Å². The molecule has 1 amide bonds. The second-order valence-electron chi connectivity index (χ2n) is 8.24. The molecule has 9 heteroatoms. The van der Waals surface area contributed by atoms with E-state index in [2.05, 4.69) is 31.6 Å². The monoisotopic (exact) mass is 463 g/mol. The van der Waals surface area contributed by atoms with Gasteiger partial charge in [0.05, 0.1) is 23.2 Å². The van der Waals surface area contributed by atoms with E-state index in [1.54, 1.807) is 36.3 Å². The fourth-order valence-electron chi connectivity index (χ4n) is 4.29. The maximum Gasteiger partial charge on any atom is 0.261 e. The van der Waals surface area contributed by atoms with Crippen LogP contribution in [0.5, 0.6) is 0 Å². The molecule has 170 valence electrons. The molecule has 1 aromatic heterocycles. The van der Waals surface area contributed by atoms with Crippen molar-refractivity contribution in [3.8, 4) is 0 Å². The first-order valence-electron chi connectivity index (χ1n) is 10.8. The van der Waals surface area contributed by atoms with Gasteiger partial charge >= 0.3 is 0 Å². The Morgan fingerprint density at radius 3 is 2.33 bits per heavy atom. The zero-order chi connectivity index (χ0) is 23.0. The minimum atomic E-state index is -3.79. The lowest BCUT2D eigenvalue weighted by Crippen LogP contribution is -2.46. The number of para-hydroxylation sites is 1. The molecule has 8 nitrogen and oxygen atoms in total. The quantitative estimate of drug-likeness (QED) is 0.626. The molecule has 1 N–H and O–H groups in total. The van der Waals surface area contributed by atoms with Gasteiger partial charge in [0, 0.05) is 44.6 Å². The van der Waals surface area contributed by atoms with Crippen molar-refractivity contribution in [1.82, 2.24) is 4.98 Å².